The number of aliphatic carboxylic acids is 1. The molecular weight excluding hydrogens is 270 g/mol. The third kappa shape index (κ3) is 3.15. The molecule has 1 aliphatic heterocycles. The first-order valence-corrected chi connectivity index (χ1v) is 6.94. The lowest BCUT2D eigenvalue weighted by Gasteiger charge is -2.10. The van der Waals surface area contributed by atoms with Crippen LogP contribution in [0.25, 0.3) is 6.08 Å². The number of allylic oxidation sites excluding steroid dienone is 1. The highest BCUT2D eigenvalue weighted by Crippen LogP contribution is 2.44. The Morgan fingerprint density at radius 3 is 2.53 bits per heavy atom. The Morgan fingerprint density at radius 2 is 2.05 bits per heavy atom. The molecule has 1 fully saturated rings. The number of thioether (sulfide) groups is 1. The fourth-order valence-electron chi connectivity index (χ4n) is 1.84. The molecule has 1 heterocycles. The standard InChI is InChI=1S/C14H14F2O2S/c1-9(13(17)18)11-4-2-10(3-5-11)8-12-14(15,16)6-7-19-12/h2-5,8-9H,6-7H2,1H3,(H,17,18)/b12-8-. The number of benzene rings is 1. The SMILES string of the molecule is CC(C(=O)O)c1ccc(/C=C2\SCCC2(F)F)cc1. The Kier molecular flexibility index (Phi) is 3.94. The van der Waals surface area contributed by atoms with Gasteiger partial charge in [0.15, 0.2) is 0 Å². The van der Waals surface area contributed by atoms with E-state index in [-0.39, 0.29) is 11.3 Å². The van der Waals surface area contributed by atoms with E-state index in [9.17, 15) is 13.6 Å². The molecule has 0 radical (unpaired) electrons. The molecule has 1 aromatic rings. The lowest BCUT2D eigenvalue weighted by Crippen LogP contribution is -2.11. The minimum Gasteiger partial charge on any atom is -0.481 e. The summed E-state index contributed by atoms with van der Waals surface area (Å²) in [4.78, 5) is 10.9. The van der Waals surface area contributed by atoms with Gasteiger partial charge in [0.05, 0.1) is 10.8 Å². The van der Waals surface area contributed by atoms with Gasteiger partial charge in [-0.1, -0.05) is 24.3 Å². The summed E-state index contributed by atoms with van der Waals surface area (Å²) >= 11 is 1.18. The first-order valence-electron chi connectivity index (χ1n) is 5.96. The van der Waals surface area contributed by atoms with Crippen molar-refractivity contribution in [3.05, 3.63) is 40.3 Å². The van der Waals surface area contributed by atoms with E-state index in [0.717, 1.165) is 0 Å². The number of halogens is 2. The van der Waals surface area contributed by atoms with Crippen molar-refractivity contribution < 1.29 is 18.7 Å². The zero-order valence-electron chi connectivity index (χ0n) is 10.4. The van der Waals surface area contributed by atoms with Gasteiger partial charge in [0.25, 0.3) is 5.92 Å². The maximum Gasteiger partial charge on any atom is 0.310 e. The molecule has 5 heteroatoms. The number of hydrogen-bond acceptors (Lipinski definition) is 2. The Hall–Kier alpha value is -1.36. The van der Waals surface area contributed by atoms with Gasteiger partial charge in [-0.05, 0) is 24.1 Å². The molecule has 0 saturated carbocycles. The lowest BCUT2D eigenvalue weighted by molar-refractivity contribution is -0.138. The van der Waals surface area contributed by atoms with Crippen molar-refractivity contribution in [1.82, 2.24) is 0 Å². The van der Waals surface area contributed by atoms with Crippen molar-refractivity contribution in [3.63, 3.8) is 0 Å². The molecule has 0 bridgehead atoms. The van der Waals surface area contributed by atoms with Crippen molar-refractivity contribution >= 4 is 23.8 Å². The van der Waals surface area contributed by atoms with E-state index in [4.69, 9.17) is 5.11 Å². The molecule has 1 aliphatic rings. The fraction of sp³-hybridized carbons (Fsp3) is 0.357. The van der Waals surface area contributed by atoms with Crippen LogP contribution in [-0.2, 0) is 4.79 Å². The van der Waals surface area contributed by atoms with E-state index in [1.54, 1.807) is 31.2 Å². The molecule has 2 nitrogen and oxygen atoms in total. The highest BCUT2D eigenvalue weighted by molar-refractivity contribution is 8.03. The topological polar surface area (TPSA) is 37.3 Å². The molecule has 1 unspecified atom stereocenters. The summed E-state index contributed by atoms with van der Waals surface area (Å²) in [5.41, 5.74) is 1.34. The van der Waals surface area contributed by atoms with Crippen molar-refractivity contribution in [2.75, 3.05) is 5.75 Å². The monoisotopic (exact) mass is 284 g/mol. The Bertz CT molecular complexity index is 509. The second kappa shape index (κ2) is 5.33. The van der Waals surface area contributed by atoms with E-state index in [1.807, 2.05) is 0 Å². The van der Waals surface area contributed by atoms with Crippen LogP contribution >= 0.6 is 11.8 Å². The van der Waals surface area contributed by atoms with Gasteiger partial charge in [-0.15, -0.1) is 11.8 Å². The molecule has 0 aromatic heterocycles. The number of rotatable bonds is 3. The second-order valence-electron chi connectivity index (χ2n) is 4.54. The molecule has 102 valence electrons. The summed E-state index contributed by atoms with van der Waals surface area (Å²) in [6, 6.07) is 6.69. The predicted molar refractivity (Wildman–Crippen MR) is 72.5 cm³/mol. The Labute approximate surface area is 114 Å². The van der Waals surface area contributed by atoms with Crippen LogP contribution in [0.15, 0.2) is 29.2 Å². The molecule has 1 aromatic carbocycles. The first kappa shape index (κ1) is 14.1. The average Bonchev–Trinajstić information content (AvgIpc) is 2.69. The number of hydrogen-bond donors (Lipinski definition) is 1. The van der Waals surface area contributed by atoms with Crippen molar-refractivity contribution in [3.8, 4) is 0 Å². The number of carbonyl (C=O) groups is 1. The molecule has 0 aliphatic carbocycles. The van der Waals surface area contributed by atoms with E-state index in [2.05, 4.69) is 0 Å². The Balaban J connectivity index is 2.20. The van der Waals surface area contributed by atoms with Crippen molar-refractivity contribution in [2.45, 2.75) is 25.2 Å². The zero-order valence-corrected chi connectivity index (χ0v) is 11.2. The molecule has 19 heavy (non-hydrogen) atoms. The minimum atomic E-state index is -2.72. The van der Waals surface area contributed by atoms with Gasteiger partial charge in [0, 0.05) is 12.2 Å². The van der Waals surface area contributed by atoms with E-state index >= 15 is 0 Å². The fourth-order valence-corrected chi connectivity index (χ4v) is 2.95. The highest BCUT2D eigenvalue weighted by Gasteiger charge is 2.39. The van der Waals surface area contributed by atoms with E-state index < -0.39 is 17.8 Å². The van der Waals surface area contributed by atoms with Crippen molar-refractivity contribution in [1.29, 1.82) is 0 Å². The molecule has 1 saturated heterocycles. The van der Waals surface area contributed by atoms with Gasteiger partial charge in [-0.2, -0.15) is 0 Å². The van der Waals surface area contributed by atoms with Gasteiger partial charge in [-0.3, -0.25) is 4.79 Å². The van der Waals surface area contributed by atoms with Crippen LogP contribution in [0.3, 0.4) is 0 Å². The summed E-state index contributed by atoms with van der Waals surface area (Å²) < 4.78 is 26.9. The molecule has 1 atom stereocenters. The van der Waals surface area contributed by atoms with Crippen LogP contribution in [0.1, 0.15) is 30.4 Å². The van der Waals surface area contributed by atoms with Gasteiger partial charge >= 0.3 is 5.97 Å². The summed E-state index contributed by atoms with van der Waals surface area (Å²) in [5.74, 6) is -3.78. The highest BCUT2D eigenvalue weighted by atomic mass is 32.2. The summed E-state index contributed by atoms with van der Waals surface area (Å²) in [5, 5.41) is 8.89. The van der Waals surface area contributed by atoms with Crippen LogP contribution in [0.5, 0.6) is 0 Å². The largest absolute Gasteiger partial charge is 0.481 e. The third-order valence-corrected chi connectivity index (χ3v) is 4.27. The van der Waals surface area contributed by atoms with Gasteiger partial charge in [0.1, 0.15) is 0 Å². The van der Waals surface area contributed by atoms with Crippen LogP contribution < -0.4 is 0 Å². The summed E-state index contributed by atoms with van der Waals surface area (Å²) in [7, 11) is 0. The lowest BCUT2D eigenvalue weighted by atomic mass is 10.00. The van der Waals surface area contributed by atoms with Crippen LogP contribution in [-0.4, -0.2) is 22.8 Å². The minimum absolute atomic E-state index is 0.0894. The normalized spacial score (nSPS) is 21.5. The second-order valence-corrected chi connectivity index (χ2v) is 5.67. The van der Waals surface area contributed by atoms with Crippen LogP contribution in [0.2, 0.25) is 0 Å². The zero-order chi connectivity index (χ0) is 14.0. The number of carboxylic acid groups (broad SMARTS) is 1. The van der Waals surface area contributed by atoms with Gasteiger partial charge < -0.3 is 5.11 Å². The Morgan fingerprint density at radius 1 is 1.42 bits per heavy atom. The molecular formula is C14H14F2O2S. The number of carboxylic acids is 1. The molecule has 1 N–H and O–H groups in total. The quantitative estimate of drug-likeness (QED) is 0.912. The summed E-state index contributed by atoms with van der Waals surface area (Å²) in [6.45, 7) is 1.59. The van der Waals surface area contributed by atoms with E-state index in [0.29, 0.717) is 16.9 Å². The maximum atomic E-state index is 13.4. The van der Waals surface area contributed by atoms with Crippen LogP contribution in [0.4, 0.5) is 8.78 Å². The average molecular weight is 284 g/mol. The third-order valence-electron chi connectivity index (χ3n) is 3.14. The molecule has 2 rings (SSSR count). The first-order chi connectivity index (χ1) is 8.90. The van der Waals surface area contributed by atoms with Gasteiger partial charge in [0.2, 0.25) is 0 Å². The predicted octanol–water partition coefficient (Wildman–Crippen LogP) is 3.99. The molecule has 0 spiro atoms. The van der Waals surface area contributed by atoms with Gasteiger partial charge in [-0.25, -0.2) is 8.78 Å². The molecule has 0 amide bonds. The summed E-state index contributed by atoms with van der Waals surface area (Å²) in [6.07, 6.45) is 1.37. The van der Waals surface area contributed by atoms with Crippen LogP contribution in [0, 0.1) is 0 Å². The van der Waals surface area contributed by atoms with Crippen molar-refractivity contribution in [2.24, 2.45) is 0 Å². The van der Waals surface area contributed by atoms with E-state index in [1.165, 1.54) is 17.8 Å². The maximum absolute atomic E-state index is 13.4. The smallest absolute Gasteiger partial charge is 0.310 e. The number of alkyl halides is 2.